The van der Waals surface area contributed by atoms with Gasteiger partial charge in [-0.25, -0.2) is 0 Å². The Bertz CT molecular complexity index is 714. The molecule has 6 nitrogen and oxygen atoms in total. The summed E-state index contributed by atoms with van der Waals surface area (Å²) in [6.07, 6.45) is 4.94. The van der Waals surface area contributed by atoms with Crippen molar-refractivity contribution < 1.29 is 24.9 Å². The zero-order valence-corrected chi connectivity index (χ0v) is 17.7. The molecule has 29 heavy (non-hydrogen) atoms. The molecule has 1 saturated carbocycles. The summed E-state index contributed by atoms with van der Waals surface area (Å²) in [5.74, 6) is -1.15. The summed E-state index contributed by atoms with van der Waals surface area (Å²) < 4.78 is 5.63. The number of carboxylic acid groups (broad SMARTS) is 1. The number of carboxylic acids is 1. The van der Waals surface area contributed by atoms with Crippen LogP contribution in [0, 0.1) is 11.8 Å². The quantitative estimate of drug-likeness (QED) is 0.251. The van der Waals surface area contributed by atoms with Crippen LogP contribution in [0.25, 0.3) is 0 Å². The molecule has 0 aromatic heterocycles. The van der Waals surface area contributed by atoms with E-state index in [1.165, 1.54) is 0 Å². The van der Waals surface area contributed by atoms with Crippen molar-refractivity contribution in [3.8, 4) is 0 Å². The molecular formula is C21H28ClNO5S. The molecule has 0 spiro atoms. The van der Waals surface area contributed by atoms with Gasteiger partial charge in [0.25, 0.3) is 5.17 Å². The minimum Gasteiger partial charge on any atom is -0.481 e. The van der Waals surface area contributed by atoms with Crippen LogP contribution >= 0.6 is 23.8 Å². The third kappa shape index (κ3) is 8.30. The molecule has 0 saturated heterocycles. The predicted octanol–water partition coefficient (Wildman–Crippen LogP) is 3.29. The number of benzene rings is 1. The number of nitrogens with one attached hydrogen (secondary N) is 1. The molecule has 1 aliphatic rings. The number of hydrogen-bond donors (Lipinski definition) is 4. The number of ether oxygens (including phenoxy) is 1. The van der Waals surface area contributed by atoms with Gasteiger partial charge in [-0.2, -0.15) is 0 Å². The number of aliphatic hydroxyl groups excluding tert-OH is 2. The van der Waals surface area contributed by atoms with Gasteiger partial charge in [0, 0.05) is 23.9 Å². The molecule has 0 heterocycles. The second-order valence-electron chi connectivity index (χ2n) is 7.27. The van der Waals surface area contributed by atoms with Crippen LogP contribution in [0.4, 0.5) is 0 Å². The summed E-state index contributed by atoms with van der Waals surface area (Å²) in [7, 11) is 0. The maximum atomic E-state index is 10.5. The molecule has 0 amide bonds. The molecule has 0 unspecified atom stereocenters. The van der Waals surface area contributed by atoms with Crippen molar-refractivity contribution in [2.45, 2.75) is 50.9 Å². The second-order valence-corrected chi connectivity index (χ2v) is 8.08. The zero-order valence-electron chi connectivity index (χ0n) is 16.2. The van der Waals surface area contributed by atoms with E-state index in [0.717, 1.165) is 5.56 Å². The number of aliphatic hydroxyl groups is 2. The first-order chi connectivity index (χ1) is 13.9. The molecule has 8 heteroatoms. The standard InChI is InChI=1S/C21H28ClNO5S/c22-15-7-5-6-14(10-15)12-23-21(29)28-13-17-16(18(24)11-19(17)25)8-3-1-2-4-9-20(26)27/h1,3,5-7,10,16-19,24-25H,2,4,8-9,11-13H2,(H,23,29)(H,26,27)/b3-1-/t16-,17-,18-,19-/m1/s1. The maximum absolute atomic E-state index is 10.5. The Kier molecular flexibility index (Phi) is 9.87. The first-order valence-corrected chi connectivity index (χ1v) is 10.5. The van der Waals surface area contributed by atoms with E-state index >= 15 is 0 Å². The number of allylic oxidation sites excluding steroid dienone is 2. The molecule has 1 aromatic rings. The lowest BCUT2D eigenvalue weighted by molar-refractivity contribution is -0.137. The maximum Gasteiger partial charge on any atom is 0.303 e. The molecule has 0 aliphatic heterocycles. The van der Waals surface area contributed by atoms with E-state index < -0.39 is 18.2 Å². The van der Waals surface area contributed by atoms with Crippen molar-refractivity contribution in [2.24, 2.45) is 11.8 Å². The van der Waals surface area contributed by atoms with Gasteiger partial charge in [0.05, 0.1) is 18.8 Å². The summed E-state index contributed by atoms with van der Waals surface area (Å²) in [6.45, 7) is 0.703. The number of aliphatic carboxylic acids is 1. The Labute approximate surface area is 181 Å². The van der Waals surface area contributed by atoms with Gasteiger partial charge < -0.3 is 25.4 Å². The first kappa shape index (κ1) is 23.6. The monoisotopic (exact) mass is 441 g/mol. The molecule has 2 rings (SSSR count). The Balaban J connectivity index is 1.76. The van der Waals surface area contributed by atoms with Gasteiger partial charge in [0.2, 0.25) is 0 Å². The third-order valence-corrected chi connectivity index (χ3v) is 5.59. The van der Waals surface area contributed by atoms with Crippen LogP contribution in [-0.2, 0) is 16.1 Å². The van der Waals surface area contributed by atoms with Crippen molar-refractivity contribution in [1.29, 1.82) is 0 Å². The van der Waals surface area contributed by atoms with Crippen molar-refractivity contribution >= 4 is 35.0 Å². The van der Waals surface area contributed by atoms with Crippen LogP contribution < -0.4 is 5.32 Å². The first-order valence-electron chi connectivity index (χ1n) is 9.74. The Morgan fingerprint density at radius 3 is 2.76 bits per heavy atom. The van der Waals surface area contributed by atoms with Crippen LogP contribution in [0.2, 0.25) is 5.02 Å². The number of unbranched alkanes of at least 4 members (excludes halogenated alkanes) is 1. The Morgan fingerprint density at radius 1 is 1.28 bits per heavy atom. The van der Waals surface area contributed by atoms with E-state index in [4.69, 9.17) is 33.7 Å². The Morgan fingerprint density at radius 2 is 2.03 bits per heavy atom. The van der Waals surface area contributed by atoms with Crippen LogP contribution in [0.3, 0.4) is 0 Å². The van der Waals surface area contributed by atoms with Gasteiger partial charge in [-0.15, -0.1) is 0 Å². The third-order valence-electron chi connectivity index (χ3n) is 5.09. The minimum atomic E-state index is -0.801. The predicted molar refractivity (Wildman–Crippen MR) is 116 cm³/mol. The van der Waals surface area contributed by atoms with Gasteiger partial charge in [0.1, 0.15) is 0 Å². The average molecular weight is 442 g/mol. The second kappa shape index (κ2) is 12.1. The smallest absolute Gasteiger partial charge is 0.303 e. The van der Waals surface area contributed by atoms with Crippen LogP contribution in [0.5, 0.6) is 0 Å². The molecule has 0 radical (unpaired) electrons. The van der Waals surface area contributed by atoms with E-state index in [9.17, 15) is 15.0 Å². The topological polar surface area (TPSA) is 99.0 Å². The molecule has 4 atom stereocenters. The minimum absolute atomic E-state index is 0.128. The largest absolute Gasteiger partial charge is 0.481 e. The van der Waals surface area contributed by atoms with Crippen molar-refractivity contribution in [2.75, 3.05) is 6.61 Å². The number of rotatable bonds is 10. The fraction of sp³-hybridized carbons (Fsp3) is 0.524. The van der Waals surface area contributed by atoms with E-state index in [-0.39, 0.29) is 30.0 Å². The highest BCUT2D eigenvalue weighted by Gasteiger charge is 2.41. The summed E-state index contributed by atoms with van der Waals surface area (Å²) in [6, 6.07) is 7.43. The number of carbonyl (C=O) groups is 1. The fourth-order valence-electron chi connectivity index (χ4n) is 3.52. The van der Waals surface area contributed by atoms with E-state index in [1.54, 1.807) is 6.07 Å². The van der Waals surface area contributed by atoms with E-state index in [1.807, 2.05) is 30.4 Å². The lowest BCUT2D eigenvalue weighted by Gasteiger charge is -2.23. The highest BCUT2D eigenvalue weighted by molar-refractivity contribution is 7.80. The molecule has 4 N–H and O–H groups in total. The van der Waals surface area contributed by atoms with Crippen LogP contribution in [-0.4, -0.2) is 45.3 Å². The van der Waals surface area contributed by atoms with Gasteiger partial charge in [-0.05, 0) is 61.5 Å². The summed E-state index contributed by atoms with van der Waals surface area (Å²) >= 11 is 11.2. The van der Waals surface area contributed by atoms with Crippen LogP contribution in [0.1, 0.15) is 37.7 Å². The summed E-state index contributed by atoms with van der Waals surface area (Å²) in [5.41, 5.74) is 0.977. The van der Waals surface area contributed by atoms with E-state index in [2.05, 4.69) is 5.32 Å². The summed E-state index contributed by atoms with van der Waals surface area (Å²) in [4.78, 5) is 10.5. The molecule has 1 aliphatic carbocycles. The number of halogens is 1. The van der Waals surface area contributed by atoms with Crippen molar-refractivity contribution in [3.63, 3.8) is 0 Å². The summed E-state index contributed by atoms with van der Waals surface area (Å²) in [5, 5.41) is 33.1. The van der Waals surface area contributed by atoms with E-state index in [0.29, 0.717) is 37.3 Å². The Hall–Kier alpha value is -1.67. The molecule has 1 fully saturated rings. The van der Waals surface area contributed by atoms with Gasteiger partial charge >= 0.3 is 5.97 Å². The SMILES string of the molecule is O=C(O)CCC/C=C\C[C@@H]1[C@@H](COC(=S)NCc2cccc(Cl)c2)[C@H](O)C[C@H]1O. The normalized spacial score (nSPS) is 24.0. The lowest BCUT2D eigenvalue weighted by Crippen LogP contribution is -2.31. The highest BCUT2D eigenvalue weighted by atomic mass is 35.5. The fourth-order valence-corrected chi connectivity index (χ4v) is 3.87. The zero-order chi connectivity index (χ0) is 21.2. The lowest BCUT2D eigenvalue weighted by atomic mass is 9.91. The number of hydrogen-bond acceptors (Lipinski definition) is 5. The van der Waals surface area contributed by atoms with Crippen LogP contribution in [0.15, 0.2) is 36.4 Å². The number of thiocarbonyl (C=S) groups is 1. The van der Waals surface area contributed by atoms with Crippen molar-refractivity contribution in [3.05, 3.63) is 47.0 Å². The van der Waals surface area contributed by atoms with Crippen molar-refractivity contribution in [1.82, 2.24) is 5.32 Å². The van der Waals surface area contributed by atoms with Gasteiger partial charge in [0.15, 0.2) is 0 Å². The molecule has 1 aromatic carbocycles. The van der Waals surface area contributed by atoms with Gasteiger partial charge in [-0.1, -0.05) is 35.9 Å². The molecule has 0 bridgehead atoms. The highest BCUT2D eigenvalue weighted by Crippen LogP contribution is 2.35. The molecule has 160 valence electrons. The van der Waals surface area contributed by atoms with Gasteiger partial charge in [-0.3, -0.25) is 4.79 Å². The molecular weight excluding hydrogens is 414 g/mol. The average Bonchev–Trinajstić information content (AvgIpc) is 2.93.